The van der Waals surface area contributed by atoms with Gasteiger partial charge < -0.3 is 10.5 Å². The van der Waals surface area contributed by atoms with Gasteiger partial charge in [-0.15, -0.1) is 0 Å². The zero-order valence-electron chi connectivity index (χ0n) is 13.2. The lowest BCUT2D eigenvalue weighted by Gasteiger charge is -2.30. The first kappa shape index (κ1) is 16.6. The lowest BCUT2D eigenvalue weighted by molar-refractivity contribution is -0.112. The molecule has 0 unspecified atom stereocenters. The van der Waals surface area contributed by atoms with Crippen molar-refractivity contribution < 1.29 is 13.9 Å². The minimum atomic E-state index is -0.812. The smallest absolute Gasteiger partial charge is 0.282 e. The van der Waals surface area contributed by atoms with Crippen molar-refractivity contribution in [3.05, 3.63) is 46.3 Å². The van der Waals surface area contributed by atoms with Crippen molar-refractivity contribution in [3.63, 3.8) is 0 Å². The highest BCUT2D eigenvalue weighted by atomic mass is 35.5. The Morgan fingerprint density at radius 1 is 1.50 bits per heavy atom. The highest BCUT2D eigenvalue weighted by Gasteiger charge is 2.33. The minimum absolute atomic E-state index is 0.0434. The monoisotopic (exact) mass is 349 g/mol. The van der Waals surface area contributed by atoms with Crippen molar-refractivity contribution in [3.8, 4) is 0 Å². The molecular formula is C17H17ClFN3O2. The molecule has 0 saturated heterocycles. The highest BCUT2D eigenvalue weighted by Crippen LogP contribution is 2.34. The molecule has 3 rings (SSSR count). The second-order valence-corrected chi connectivity index (χ2v) is 6.39. The van der Waals surface area contributed by atoms with E-state index in [4.69, 9.17) is 22.1 Å². The second kappa shape index (κ2) is 6.36. The molecule has 2 N–H and O–H groups in total. The van der Waals surface area contributed by atoms with Gasteiger partial charge >= 0.3 is 0 Å². The van der Waals surface area contributed by atoms with E-state index in [1.165, 1.54) is 6.07 Å². The molecule has 1 atom stereocenters. The van der Waals surface area contributed by atoms with E-state index < -0.39 is 5.54 Å². The molecular weight excluding hydrogens is 333 g/mol. The van der Waals surface area contributed by atoms with Crippen molar-refractivity contribution >= 4 is 29.1 Å². The SMILES string of the molecule is C[C@@]1(c2cc(CC(=O)C3=NCC=C3Cl)ccc2F)CCOC(N)=N1. The molecule has 0 aromatic heterocycles. The normalized spacial score (nSPS) is 23.2. The zero-order valence-corrected chi connectivity index (χ0v) is 13.9. The van der Waals surface area contributed by atoms with Gasteiger partial charge in [-0.25, -0.2) is 9.38 Å². The predicted molar refractivity (Wildman–Crippen MR) is 90.9 cm³/mol. The van der Waals surface area contributed by atoms with Crippen LogP contribution in [0.4, 0.5) is 4.39 Å². The standard InChI is InChI=1S/C17H17ClFN3O2/c1-17(5-7-24-16(20)22-17)11-8-10(2-3-13(11)19)9-14(23)15-12(18)4-6-21-15/h2-4,8H,5-7,9H2,1H3,(H2,20,22)/t17-/m0/s1. The van der Waals surface area contributed by atoms with E-state index in [0.29, 0.717) is 35.7 Å². The minimum Gasteiger partial charge on any atom is -0.465 e. The number of allylic oxidation sites excluding steroid dienone is 1. The summed E-state index contributed by atoms with van der Waals surface area (Å²) in [5, 5.41) is 0.371. The maximum absolute atomic E-state index is 14.3. The van der Waals surface area contributed by atoms with Gasteiger partial charge in [0.1, 0.15) is 11.5 Å². The molecule has 0 radical (unpaired) electrons. The van der Waals surface area contributed by atoms with Gasteiger partial charge in [-0.05, 0) is 30.7 Å². The van der Waals surface area contributed by atoms with E-state index in [0.717, 1.165) is 0 Å². The Hall–Kier alpha value is -2.21. The molecule has 24 heavy (non-hydrogen) atoms. The lowest BCUT2D eigenvalue weighted by atomic mass is 9.87. The first-order valence-electron chi connectivity index (χ1n) is 7.60. The number of nitrogens with zero attached hydrogens (tertiary/aromatic N) is 2. The number of carbonyl (C=O) groups is 1. The topological polar surface area (TPSA) is 77.0 Å². The Balaban J connectivity index is 1.88. The molecule has 0 saturated carbocycles. The fourth-order valence-electron chi connectivity index (χ4n) is 2.86. The van der Waals surface area contributed by atoms with Crippen LogP contribution in [0.1, 0.15) is 24.5 Å². The largest absolute Gasteiger partial charge is 0.465 e. The quantitative estimate of drug-likeness (QED) is 0.907. The fourth-order valence-corrected chi connectivity index (χ4v) is 3.09. The number of nitrogens with two attached hydrogens (primary N) is 1. The summed E-state index contributed by atoms with van der Waals surface area (Å²) in [6.45, 7) is 2.58. The van der Waals surface area contributed by atoms with Gasteiger partial charge in [0.25, 0.3) is 6.02 Å². The summed E-state index contributed by atoms with van der Waals surface area (Å²) in [4.78, 5) is 20.6. The Bertz CT molecular complexity index is 788. The number of halogens is 2. The van der Waals surface area contributed by atoms with E-state index >= 15 is 0 Å². The third kappa shape index (κ3) is 3.19. The molecule has 2 heterocycles. The maximum atomic E-state index is 14.3. The lowest BCUT2D eigenvalue weighted by Crippen LogP contribution is -2.34. The molecule has 1 aromatic carbocycles. The molecule has 1 aromatic rings. The number of rotatable bonds is 4. The number of ketones is 1. The van der Waals surface area contributed by atoms with Crippen LogP contribution in [0, 0.1) is 5.82 Å². The molecule has 0 bridgehead atoms. The fraction of sp³-hybridized carbons (Fsp3) is 0.353. The van der Waals surface area contributed by atoms with Gasteiger partial charge in [-0.3, -0.25) is 9.79 Å². The van der Waals surface area contributed by atoms with Crippen LogP contribution in [0.3, 0.4) is 0 Å². The van der Waals surface area contributed by atoms with Crippen molar-refractivity contribution in [2.24, 2.45) is 15.7 Å². The molecule has 0 fully saturated rings. The van der Waals surface area contributed by atoms with E-state index in [9.17, 15) is 9.18 Å². The van der Waals surface area contributed by atoms with Crippen molar-refractivity contribution in [1.29, 1.82) is 0 Å². The molecule has 0 amide bonds. The van der Waals surface area contributed by atoms with Crippen LogP contribution in [0.15, 0.2) is 39.3 Å². The second-order valence-electron chi connectivity index (χ2n) is 5.98. The Labute approximate surface area is 144 Å². The van der Waals surface area contributed by atoms with Crippen LogP contribution < -0.4 is 5.73 Å². The molecule has 0 spiro atoms. The number of hydrogen-bond acceptors (Lipinski definition) is 5. The summed E-state index contributed by atoms with van der Waals surface area (Å²) in [6, 6.07) is 4.63. The van der Waals surface area contributed by atoms with E-state index in [1.54, 1.807) is 25.1 Å². The molecule has 5 nitrogen and oxygen atoms in total. The molecule has 0 aliphatic carbocycles. The average Bonchev–Trinajstić information content (AvgIpc) is 2.95. The van der Waals surface area contributed by atoms with E-state index in [1.807, 2.05) is 0 Å². The highest BCUT2D eigenvalue weighted by molar-refractivity contribution is 6.60. The van der Waals surface area contributed by atoms with Gasteiger partial charge in [0.05, 0.1) is 23.7 Å². The Morgan fingerprint density at radius 3 is 2.96 bits per heavy atom. The van der Waals surface area contributed by atoms with Gasteiger partial charge in [0.2, 0.25) is 0 Å². The summed E-state index contributed by atoms with van der Waals surface area (Å²) in [5.74, 6) is -0.574. The van der Waals surface area contributed by atoms with Crippen LogP contribution in [0.25, 0.3) is 0 Å². The number of aliphatic imine (C=N–C) groups is 2. The summed E-state index contributed by atoms with van der Waals surface area (Å²) in [6.07, 6.45) is 2.29. The molecule has 2 aliphatic rings. The van der Waals surface area contributed by atoms with Crippen molar-refractivity contribution in [2.75, 3.05) is 13.2 Å². The van der Waals surface area contributed by atoms with Crippen LogP contribution in [0.5, 0.6) is 0 Å². The molecule has 2 aliphatic heterocycles. The van der Waals surface area contributed by atoms with Crippen LogP contribution in [-0.4, -0.2) is 30.7 Å². The summed E-state index contributed by atoms with van der Waals surface area (Å²) < 4.78 is 19.5. The maximum Gasteiger partial charge on any atom is 0.282 e. The van der Waals surface area contributed by atoms with Gasteiger partial charge in [0, 0.05) is 18.4 Å². The summed E-state index contributed by atoms with van der Waals surface area (Å²) >= 11 is 5.96. The van der Waals surface area contributed by atoms with Crippen LogP contribution in [0.2, 0.25) is 0 Å². The first-order chi connectivity index (χ1) is 11.4. The predicted octanol–water partition coefficient (Wildman–Crippen LogP) is 2.46. The summed E-state index contributed by atoms with van der Waals surface area (Å²) in [5.41, 5.74) is 6.17. The first-order valence-corrected chi connectivity index (χ1v) is 7.97. The average molecular weight is 350 g/mol. The third-order valence-corrected chi connectivity index (χ3v) is 4.52. The van der Waals surface area contributed by atoms with Crippen LogP contribution in [-0.2, 0) is 21.5 Å². The van der Waals surface area contributed by atoms with Crippen molar-refractivity contribution in [1.82, 2.24) is 0 Å². The van der Waals surface area contributed by atoms with Crippen molar-refractivity contribution in [2.45, 2.75) is 25.3 Å². The van der Waals surface area contributed by atoms with Crippen LogP contribution >= 0.6 is 11.6 Å². The number of hydrogen-bond donors (Lipinski definition) is 1. The van der Waals surface area contributed by atoms with E-state index in [2.05, 4.69) is 9.98 Å². The number of carbonyl (C=O) groups excluding carboxylic acids is 1. The number of Topliss-reactive ketones (excluding diaryl/α,β-unsaturated/α-hetero) is 1. The van der Waals surface area contributed by atoms with E-state index in [-0.39, 0.29) is 29.8 Å². The van der Waals surface area contributed by atoms with Gasteiger partial charge in [0.15, 0.2) is 5.78 Å². The Morgan fingerprint density at radius 2 is 2.29 bits per heavy atom. The van der Waals surface area contributed by atoms with Gasteiger partial charge in [-0.1, -0.05) is 17.7 Å². The zero-order chi connectivity index (χ0) is 17.3. The number of benzene rings is 1. The number of amidine groups is 1. The molecule has 7 heteroatoms. The number of ether oxygens (including phenoxy) is 1. The third-order valence-electron chi connectivity index (χ3n) is 4.18. The summed E-state index contributed by atoms with van der Waals surface area (Å²) in [7, 11) is 0. The molecule has 126 valence electrons. The Kier molecular flexibility index (Phi) is 4.41. The van der Waals surface area contributed by atoms with Gasteiger partial charge in [-0.2, -0.15) is 0 Å².